The Morgan fingerprint density at radius 2 is 1.84 bits per heavy atom. The first-order valence-corrected chi connectivity index (χ1v) is 8.34. The van der Waals surface area contributed by atoms with Crippen molar-refractivity contribution < 1.29 is 4.79 Å². The summed E-state index contributed by atoms with van der Waals surface area (Å²) in [6, 6.07) is -0.428. The SMILES string of the molecule is Cc1nc(N2CCN(C(=O)[C@@H](N)C(C)C)CC2)c2cnn(C)c2n1.Cl. The molecule has 3 heterocycles. The number of nitrogens with two attached hydrogens (primary N) is 1. The van der Waals surface area contributed by atoms with Crippen molar-refractivity contribution in [3.63, 3.8) is 0 Å². The summed E-state index contributed by atoms with van der Waals surface area (Å²) >= 11 is 0. The van der Waals surface area contributed by atoms with Gasteiger partial charge in [-0.2, -0.15) is 5.10 Å². The van der Waals surface area contributed by atoms with Crippen LogP contribution in [0.2, 0.25) is 0 Å². The van der Waals surface area contributed by atoms with E-state index in [1.165, 1.54) is 0 Å². The van der Waals surface area contributed by atoms with E-state index in [1.807, 2.05) is 32.7 Å². The standard InChI is InChI=1S/C16H25N7O.ClH/c1-10(2)13(17)16(24)23-7-5-22(6-8-23)15-12-9-18-21(4)14(12)19-11(3)20-15;/h9-10,13H,5-8,17H2,1-4H3;1H/t13-;/m0./s1. The monoisotopic (exact) mass is 367 g/mol. The molecule has 25 heavy (non-hydrogen) atoms. The number of aromatic nitrogens is 4. The van der Waals surface area contributed by atoms with Gasteiger partial charge in [-0.05, 0) is 12.8 Å². The number of halogens is 1. The van der Waals surface area contributed by atoms with E-state index in [4.69, 9.17) is 5.73 Å². The number of carbonyl (C=O) groups is 1. The van der Waals surface area contributed by atoms with Crippen molar-refractivity contribution in [3.8, 4) is 0 Å². The third kappa shape index (κ3) is 3.69. The van der Waals surface area contributed by atoms with Gasteiger partial charge in [0.15, 0.2) is 5.65 Å². The molecule has 9 heteroatoms. The predicted molar refractivity (Wildman–Crippen MR) is 99.9 cm³/mol. The molecule has 0 aromatic carbocycles. The summed E-state index contributed by atoms with van der Waals surface area (Å²) < 4.78 is 1.76. The van der Waals surface area contributed by atoms with E-state index in [2.05, 4.69) is 20.0 Å². The van der Waals surface area contributed by atoms with Gasteiger partial charge in [0, 0.05) is 33.2 Å². The van der Waals surface area contributed by atoms with Gasteiger partial charge < -0.3 is 15.5 Å². The Kier molecular flexibility index (Phi) is 5.84. The lowest BCUT2D eigenvalue weighted by atomic mass is 10.0. The predicted octanol–water partition coefficient (Wildman–Crippen LogP) is 0.725. The van der Waals surface area contributed by atoms with Crippen LogP contribution >= 0.6 is 12.4 Å². The molecule has 138 valence electrons. The van der Waals surface area contributed by atoms with Crippen LogP contribution in [0.25, 0.3) is 11.0 Å². The van der Waals surface area contributed by atoms with Gasteiger partial charge in [-0.25, -0.2) is 9.97 Å². The van der Waals surface area contributed by atoms with E-state index < -0.39 is 6.04 Å². The second-order valence-electron chi connectivity index (χ2n) is 6.68. The Bertz CT molecular complexity index is 752. The lowest BCUT2D eigenvalue weighted by Crippen LogP contribution is -2.54. The summed E-state index contributed by atoms with van der Waals surface area (Å²) in [5, 5.41) is 5.23. The second kappa shape index (κ2) is 7.53. The smallest absolute Gasteiger partial charge is 0.239 e. The minimum atomic E-state index is -0.428. The molecular formula is C16H26ClN7O. The van der Waals surface area contributed by atoms with Gasteiger partial charge in [-0.3, -0.25) is 9.48 Å². The molecule has 1 aliphatic heterocycles. The molecule has 0 saturated carbocycles. The van der Waals surface area contributed by atoms with Crippen molar-refractivity contribution in [2.45, 2.75) is 26.8 Å². The number of fused-ring (bicyclic) bond motifs is 1. The van der Waals surface area contributed by atoms with Crippen molar-refractivity contribution in [2.24, 2.45) is 18.7 Å². The maximum absolute atomic E-state index is 12.4. The van der Waals surface area contributed by atoms with Crippen molar-refractivity contribution >= 4 is 35.2 Å². The van der Waals surface area contributed by atoms with Crippen LogP contribution in [-0.2, 0) is 11.8 Å². The van der Waals surface area contributed by atoms with Gasteiger partial charge in [-0.1, -0.05) is 13.8 Å². The highest BCUT2D eigenvalue weighted by Gasteiger charge is 2.28. The lowest BCUT2D eigenvalue weighted by molar-refractivity contribution is -0.133. The first-order valence-electron chi connectivity index (χ1n) is 8.34. The second-order valence-corrected chi connectivity index (χ2v) is 6.68. The summed E-state index contributed by atoms with van der Waals surface area (Å²) in [5.74, 6) is 1.80. The number of amides is 1. The lowest BCUT2D eigenvalue weighted by Gasteiger charge is -2.37. The molecule has 1 saturated heterocycles. The van der Waals surface area contributed by atoms with Crippen molar-refractivity contribution in [1.29, 1.82) is 0 Å². The number of aryl methyl sites for hydroxylation is 2. The fourth-order valence-electron chi connectivity index (χ4n) is 2.99. The quantitative estimate of drug-likeness (QED) is 0.859. The van der Waals surface area contributed by atoms with Crippen LogP contribution in [0.5, 0.6) is 0 Å². The summed E-state index contributed by atoms with van der Waals surface area (Å²) in [6.07, 6.45) is 1.80. The topological polar surface area (TPSA) is 93.2 Å². The number of carbonyl (C=O) groups excluding carboxylic acids is 1. The molecule has 2 aromatic heterocycles. The molecule has 1 atom stereocenters. The maximum atomic E-state index is 12.4. The van der Waals surface area contributed by atoms with Crippen LogP contribution in [0.4, 0.5) is 5.82 Å². The zero-order valence-electron chi connectivity index (χ0n) is 15.1. The van der Waals surface area contributed by atoms with Crippen LogP contribution in [-0.4, -0.2) is 62.8 Å². The molecular weight excluding hydrogens is 342 g/mol. The number of nitrogens with zero attached hydrogens (tertiary/aromatic N) is 6. The van der Waals surface area contributed by atoms with E-state index in [0.29, 0.717) is 13.1 Å². The Balaban J connectivity index is 0.00000225. The Morgan fingerprint density at radius 1 is 1.20 bits per heavy atom. The van der Waals surface area contributed by atoms with Crippen LogP contribution in [0.3, 0.4) is 0 Å². The first-order chi connectivity index (χ1) is 11.4. The van der Waals surface area contributed by atoms with E-state index >= 15 is 0 Å². The molecule has 1 amide bonds. The third-order valence-corrected chi connectivity index (χ3v) is 4.58. The van der Waals surface area contributed by atoms with E-state index in [9.17, 15) is 4.79 Å². The highest BCUT2D eigenvalue weighted by atomic mass is 35.5. The third-order valence-electron chi connectivity index (χ3n) is 4.58. The Hall–Kier alpha value is -1.93. The van der Waals surface area contributed by atoms with Gasteiger partial charge in [0.25, 0.3) is 0 Å². The largest absolute Gasteiger partial charge is 0.352 e. The number of anilines is 1. The van der Waals surface area contributed by atoms with Crippen LogP contribution < -0.4 is 10.6 Å². The van der Waals surface area contributed by atoms with Crippen molar-refractivity contribution in [2.75, 3.05) is 31.1 Å². The fourth-order valence-corrected chi connectivity index (χ4v) is 2.99. The first kappa shape index (κ1) is 19.4. The summed E-state index contributed by atoms with van der Waals surface area (Å²) in [7, 11) is 1.88. The molecule has 0 spiro atoms. The molecule has 0 aliphatic carbocycles. The van der Waals surface area contributed by atoms with E-state index in [0.717, 1.165) is 35.8 Å². The van der Waals surface area contributed by atoms with Gasteiger partial charge in [0.1, 0.15) is 11.6 Å². The maximum Gasteiger partial charge on any atom is 0.239 e. The molecule has 0 radical (unpaired) electrons. The molecule has 1 fully saturated rings. The zero-order chi connectivity index (χ0) is 17.4. The van der Waals surface area contributed by atoms with Gasteiger partial charge >= 0.3 is 0 Å². The van der Waals surface area contributed by atoms with E-state index in [1.54, 1.807) is 10.9 Å². The molecule has 2 aromatic rings. The molecule has 3 rings (SSSR count). The average molecular weight is 368 g/mol. The van der Waals surface area contributed by atoms with Crippen molar-refractivity contribution in [3.05, 3.63) is 12.0 Å². The number of hydrogen-bond donors (Lipinski definition) is 1. The molecule has 0 unspecified atom stereocenters. The fraction of sp³-hybridized carbons (Fsp3) is 0.625. The number of piperazine rings is 1. The van der Waals surface area contributed by atoms with E-state index in [-0.39, 0.29) is 24.2 Å². The summed E-state index contributed by atoms with van der Waals surface area (Å²) in [6.45, 7) is 8.61. The minimum Gasteiger partial charge on any atom is -0.352 e. The van der Waals surface area contributed by atoms with Gasteiger partial charge in [0.05, 0.1) is 17.6 Å². The van der Waals surface area contributed by atoms with Crippen molar-refractivity contribution in [1.82, 2.24) is 24.6 Å². The highest BCUT2D eigenvalue weighted by Crippen LogP contribution is 2.24. The molecule has 1 aliphatic rings. The molecule has 0 bridgehead atoms. The van der Waals surface area contributed by atoms with Gasteiger partial charge in [-0.15, -0.1) is 12.4 Å². The number of hydrogen-bond acceptors (Lipinski definition) is 6. The molecule has 2 N–H and O–H groups in total. The number of rotatable bonds is 3. The zero-order valence-corrected chi connectivity index (χ0v) is 16.0. The van der Waals surface area contributed by atoms with Crippen LogP contribution in [0, 0.1) is 12.8 Å². The van der Waals surface area contributed by atoms with Crippen LogP contribution in [0.1, 0.15) is 19.7 Å². The highest BCUT2D eigenvalue weighted by molar-refractivity contribution is 5.87. The molecule has 8 nitrogen and oxygen atoms in total. The summed E-state index contributed by atoms with van der Waals surface area (Å²) in [5.41, 5.74) is 6.83. The minimum absolute atomic E-state index is 0. The normalized spacial score (nSPS) is 16.2. The van der Waals surface area contributed by atoms with Crippen LogP contribution in [0.15, 0.2) is 6.20 Å². The van der Waals surface area contributed by atoms with Gasteiger partial charge in [0.2, 0.25) is 5.91 Å². The average Bonchev–Trinajstić information content (AvgIpc) is 2.94. The Morgan fingerprint density at radius 3 is 2.44 bits per heavy atom. The summed E-state index contributed by atoms with van der Waals surface area (Å²) in [4.78, 5) is 25.5. The Labute approximate surface area is 153 Å².